The van der Waals surface area contributed by atoms with Crippen LogP contribution in [0.1, 0.15) is 34.5 Å². The van der Waals surface area contributed by atoms with Gasteiger partial charge in [0, 0.05) is 23.6 Å². The Kier molecular flexibility index (Phi) is 8.68. The number of carboxylic acids is 1. The number of fused-ring (bicyclic) bond motifs is 2. The zero-order valence-corrected chi connectivity index (χ0v) is 25.9. The van der Waals surface area contributed by atoms with Crippen molar-refractivity contribution in [2.75, 3.05) is 16.8 Å². The molecule has 2 aliphatic rings. The highest BCUT2D eigenvalue weighted by Crippen LogP contribution is 2.42. The van der Waals surface area contributed by atoms with Crippen molar-refractivity contribution in [2.24, 2.45) is 0 Å². The number of carbonyl (C=O) groups is 4. The summed E-state index contributed by atoms with van der Waals surface area (Å²) in [5, 5.41) is 24.3. The molecule has 3 amide bonds. The van der Waals surface area contributed by atoms with Gasteiger partial charge in [0.05, 0.1) is 17.5 Å². The first kappa shape index (κ1) is 29.8. The predicted molar refractivity (Wildman–Crippen MR) is 169 cm³/mol. The smallest absolute Gasteiger partial charge is 0.352 e. The van der Waals surface area contributed by atoms with Gasteiger partial charge < -0.3 is 20.7 Å². The maximum Gasteiger partial charge on any atom is 0.352 e. The number of imidazole rings is 1. The Hall–Kier alpha value is -4.21. The third kappa shape index (κ3) is 6.07. The molecule has 2 aromatic heterocycles. The van der Waals surface area contributed by atoms with E-state index in [1.54, 1.807) is 30.3 Å². The summed E-state index contributed by atoms with van der Waals surface area (Å²) in [5.41, 5.74) is 2.98. The van der Waals surface area contributed by atoms with Gasteiger partial charge in [-0.05, 0) is 35.8 Å². The van der Waals surface area contributed by atoms with Gasteiger partial charge in [0.15, 0.2) is 10.2 Å². The molecular formula is C29H27N7O5S3. The molecule has 4 aromatic rings. The molecule has 1 unspecified atom stereocenters. The molecule has 0 saturated carbocycles. The first-order chi connectivity index (χ1) is 21.3. The van der Waals surface area contributed by atoms with Crippen LogP contribution >= 0.6 is 34.9 Å². The van der Waals surface area contributed by atoms with Crippen molar-refractivity contribution in [2.45, 2.75) is 41.9 Å². The lowest BCUT2D eigenvalue weighted by atomic mass is 10.0. The summed E-state index contributed by atoms with van der Waals surface area (Å²) >= 11 is 4.32. The fourth-order valence-corrected chi connectivity index (χ4v) is 8.47. The van der Waals surface area contributed by atoms with Crippen LogP contribution in [0.15, 0.2) is 64.1 Å². The number of nitrogens with one attached hydrogen (secondary N) is 3. The van der Waals surface area contributed by atoms with E-state index in [2.05, 4.69) is 37.7 Å². The number of hydrogen-bond acceptors (Lipinski definition) is 10. The number of hydrogen-bond donors (Lipinski definition) is 4. The van der Waals surface area contributed by atoms with Gasteiger partial charge in [-0.3, -0.25) is 19.3 Å². The lowest BCUT2D eigenvalue weighted by Gasteiger charge is -2.49. The molecule has 1 saturated heterocycles. The minimum atomic E-state index is -1.18. The summed E-state index contributed by atoms with van der Waals surface area (Å²) in [4.78, 5) is 59.9. The van der Waals surface area contributed by atoms with E-state index in [-0.39, 0.29) is 17.9 Å². The van der Waals surface area contributed by atoms with Crippen molar-refractivity contribution in [1.82, 2.24) is 30.4 Å². The number of aromatic nitrogens is 4. The molecule has 0 radical (unpaired) electrons. The summed E-state index contributed by atoms with van der Waals surface area (Å²) in [7, 11) is 0. The molecule has 0 spiro atoms. The summed E-state index contributed by atoms with van der Waals surface area (Å²) in [6, 6.07) is 13.3. The number of H-pyrrole nitrogens is 1. The standard InChI is InChI=1S/C29H27N7O5S3/c1-2-7-21-34-35-29(44-21)43-14-16-13-42-27-22(26(39)36(27)23(16)28(40)41)33-20(37)12-15-8-3-4-9-17(15)32-25(38)24-30-18-10-5-6-11-19(18)31-24/h3-6,8-11,22,27H,2,7,12-14H2,1H3,(H,30,31)(H,32,38)(H,33,37)(H,40,41)/t22?,27-/m1/s1. The lowest BCUT2D eigenvalue weighted by molar-refractivity contribution is -0.150. The number of aromatic amines is 1. The van der Waals surface area contributed by atoms with Gasteiger partial charge >= 0.3 is 5.97 Å². The first-order valence-electron chi connectivity index (χ1n) is 13.8. The predicted octanol–water partition coefficient (Wildman–Crippen LogP) is 3.69. The topological polar surface area (TPSA) is 170 Å². The molecule has 226 valence electrons. The van der Waals surface area contributed by atoms with Crippen LogP contribution in [0.3, 0.4) is 0 Å². The van der Waals surface area contributed by atoms with Crippen molar-refractivity contribution in [3.05, 3.63) is 76.2 Å². The molecule has 4 N–H and O–H groups in total. The summed E-state index contributed by atoms with van der Waals surface area (Å²) in [6.45, 7) is 2.07. The number of β-lactam (4-membered cyclic amide) rings is 1. The third-order valence-electron chi connectivity index (χ3n) is 7.07. The summed E-state index contributed by atoms with van der Waals surface area (Å²) in [5.74, 6) is -1.59. The molecule has 0 aliphatic carbocycles. The SMILES string of the molecule is CCCc1nnc(SCC2=C(C(=O)O)N3C(=O)C(NC(=O)Cc4ccccc4NC(=O)c4nc5ccccc5[nH]4)[C@H]3SC2)s1. The zero-order chi connectivity index (χ0) is 30.8. The van der Waals surface area contributed by atoms with Gasteiger partial charge in [0.2, 0.25) is 5.91 Å². The van der Waals surface area contributed by atoms with Crippen LogP contribution in [0.25, 0.3) is 11.0 Å². The highest BCUT2D eigenvalue weighted by atomic mass is 32.2. The highest BCUT2D eigenvalue weighted by Gasteiger charge is 2.54. The molecule has 15 heteroatoms. The fraction of sp³-hybridized carbons (Fsp3) is 0.276. The van der Waals surface area contributed by atoms with E-state index in [1.165, 1.54) is 39.8 Å². The van der Waals surface area contributed by atoms with Crippen LogP contribution in [-0.2, 0) is 27.2 Å². The molecule has 2 atom stereocenters. The number of carboxylic acid groups (broad SMARTS) is 1. The summed E-state index contributed by atoms with van der Waals surface area (Å²) < 4.78 is 0.756. The number of rotatable bonds is 11. The highest BCUT2D eigenvalue weighted by molar-refractivity contribution is 8.01. The lowest BCUT2D eigenvalue weighted by Crippen LogP contribution is -2.70. The Bertz CT molecular complexity index is 1770. The Labute approximate surface area is 264 Å². The number of benzene rings is 2. The average Bonchev–Trinajstić information content (AvgIpc) is 3.66. The van der Waals surface area contributed by atoms with Crippen LogP contribution in [0, 0.1) is 0 Å². The van der Waals surface area contributed by atoms with Crippen molar-refractivity contribution in [3.8, 4) is 0 Å². The van der Waals surface area contributed by atoms with Gasteiger partial charge in [0.25, 0.3) is 11.8 Å². The van der Waals surface area contributed by atoms with Gasteiger partial charge in [0.1, 0.15) is 22.1 Å². The second-order valence-electron chi connectivity index (χ2n) is 10.1. The van der Waals surface area contributed by atoms with Gasteiger partial charge in [-0.1, -0.05) is 60.4 Å². The van der Waals surface area contributed by atoms with Crippen LogP contribution in [0.5, 0.6) is 0 Å². The van der Waals surface area contributed by atoms with Crippen molar-refractivity contribution in [1.29, 1.82) is 0 Å². The zero-order valence-electron chi connectivity index (χ0n) is 23.4. The number of anilines is 1. The monoisotopic (exact) mass is 649 g/mol. The number of carbonyl (C=O) groups excluding carboxylic acids is 3. The quantitative estimate of drug-likeness (QED) is 0.139. The Morgan fingerprint density at radius 2 is 1.93 bits per heavy atom. The van der Waals surface area contributed by atoms with E-state index in [0.29, 0.717) is 33.8 Å². The number of nitrogens with zero attached hydrogens (tertiary/aromatic N) is 4. The number of thioether (sulfide) groups is 2. The molecule has 2 aromatic carbocycles. The molecule has 2 aliphatic heterocycles. The molecule has 4 heterocycles. The normalized spacial score (nSPS) is 17.8. The van der Waals surface area contributed by atoms with Gasteiger partial charge in [-0.15, -0.1) is 22.0 Å². The number of amides is 3. The van der Waals surface area contributed by atoms with Crippen LogP contribution in [0.2, 0.25) is 0 Å². The Morgan fingerprint density at radius 3 is 2.73 bits per heavy atom. The van der Waals surface area contributed by atoms with Crippen molar-refractivity contribution >= 4 is 75.3 Å². The first-order valence-corrected chi connectivity index (χ1v) is 16.7. The second-order valence-corrected chi connectivity index (χ2v) is 13.5. The van der Waals surface area contributed by atoms with E-state index < -0.39 is 35.1 Å². The molecule has 1 fully saturated rings. The molecule has 0 bridgehead atoms. The third-order valence-corrected chi connectivity index (χ3v) is 10.6. The van der Waals surface area contributed by atoms with Crippen LogP contribution < -0.4 is 10.6 Å². The average molecular weight is 650 g/mol. The van der Waals surface area contributed by atoms with Crippen molar-refractivity contribution in [3.63, 3.8) is 0 Å². The molecular weight excluding hydrogens is 623 g/mol. The Balaban J connectivity index is 1.09. The largest absolute Gasteiger partial charge is 0.477 e. The number of aryl methyl sites for hydroxylation is 1. The number of para-hydroxylation sites is 3. The fourth-order valence-electron chi connectivity index (χ4n) is 4.99. The van der Waals surface area contributed by atoms with Gasteiger partial charge in [-0.2, -0.15) is 0 Å². The maximum atomic E-state index is 13.1. The molecule has 12 nitrogen and oxygen atoms in total. The van der Waals surface area contributed by atoms with Gasteiger partial charge in [-0.25, -0.2) is 9.78 Å². The molecule has 6 rings (SSSR count). The van der Waals surface area contributed by atoms with E-state index in [1.807, 2.05) is 18.2 Å². The second kappa shape index (κ2) is 12.8. The van der Waals surface area contributed by atoms with Crippen LogP contribution in [0.4, 0.5) is 5.69 Å². The van der Waals surface area contributed by atoms with E-state index in [0.717, 1.165) is 27.7 Å². The van der Waals surface area contributed by atoms with E-state index >= 15 is 0 Å². The number of aliphatic carboxylic acids is 1. The Morgan fingerprint density at radius 1 is 1.14 bits per heavy atom. The van der Waals surface area contributed by atoms with Crippen molar-refractivity contribution < 1.29 is 24.3 Å². The maximum absolute atomic E-state index is 13.1. The summed E-state index contributed by atoms with van der Waals surface area (Å²) in [6.07, 6.45) is 1.72. The minimum absolute atomic E-state index is 0.0336. The molecule has 44 heavy (non-hydrogen) atoms. The van der Waals surface area contributed by atoms with E-state index in [4.69, 9.17) is 0 Å². The van der Waals surface area contributed by atoms with Crippen LogP contribution in [-0.4, -0.2) is 76.8 Å². The minimum Gasteiger partial charge on any atom is -0.477 e. The van der Waals surface area contributed by atoms with E-state index in [9.17, 15) is 24.3 Å².